The third-order valence-corrected chi connectivity index (χ3v) is 3.45. The molecular weight excluding hydrogens is 230 g/mol. The van der Waals surface area contributed by atoms with Gasteiger partial charge in [-0.3, -0.25) is 10.1 Å². The Morgan fingerprint density at radius 1 is 1.50 bits per heavy atom. The van der Waals surface area contributed by atoms with Crippen molar-refractivity contribution in [2.75, 3.05) is 24.5 Å². The first-order valence-electron chi connectivity index (χ1n) is 6.36. The molecule has 0 saturated carbocycles. The zero-order chi connectivity index (χ0) is 13.1. The van der Waals surface area contributed by atoms with Crippen LogP contribution in [-0.2, 0) is 0 Å². The normalized spacial score (nSPS) is 15.2. The third-order valence-electron chi connectivity index (χ3n) is 3.45. The predicted octanol–water partition coefficient (Wildman–Crippen LogP) is 2.09. The standard InChI is InChI=1S/C13H19N3O2/c1-3-7-15(11-8-14-9-11)12-5-4-6-13(10(12)2)16(17)18/h4-6,11,14H,3,7-9H2,1-2H3. The van der Waals surface area contributed by atoms with Crippen LogP contribution in [0.15, 0.2) is 18.2 Å². The molecule has 1 saturated heterocycles. The quantitative estimate of drug-likeness (QED) is 0.641. The van der Waals surface area contributed by atoms with Gasteiger partial charge in [-0.1, -0.05) is 13.0 Å². The zero-order valence-corrected chi connectivity index (χ0v) is 10.8. The minimum absolute atomic E-state index is 0.209. The molecule has 1 aromatic carbocycles. The maximum Gasteiger partial charge on any atom is 0.274 e. The number of anilines is 1. The number of hydrogen-bond acceptors (Lipinski definition) is 4. The Balaban J connectivity index is 2.34. The van der Waals surface area contributed by atoms with Gasteiger partial charge in [-0.15, -0.1) is 0 Å². The van der Waals surface area contributed by atoms with E-state index in [0.717, 1.165) is 37.3 Å². The molecule has 0 atom stereocenters. The first-order chi connectivity index (χ1) is 8.65. The second kappa shape index (κ2) is 5.35. The van der Waals surface area contributed by atoms with Crippen LogP contribution in [0, 0.1) is 17.0 Å². The van der Waals surface area contributed by atoms with E-state index in [4.69, 9.17) is 0 Å². The summed E-state index contributed by atoms with van der Waals surface area (Å²) in [5, 5.41) is 14.2. The van der Waals surface area contributed by atoms with Gasteiger partial charge in [0.2, 0.25) is 0 Å². The fourth-order valence-electron chi connectivity index (χ4n) is 2.36. The average molecular weight is 249 g/mol. The van der Waals surface area contributed by atoms with E-state index in [9.17, 15) is 10.1 Å². The molecule has 1 aliphatic heterocycles. The molecule has 5 heteroatoms. The van der Waals surface area contributed by atoms with Crippen LogP contribution in [0.3, 0.4) is 0 Å². The van der Waals surface area contributed by atoms with E-state index in [1.54, 1.807) is 12.1 Å². The number of benzene rings is 1. The predicted molar refractivity (Wildman–Crippen MR) is 72.1 cm³/mol. The van der Waals surface area contributed by atoms with Crippen LogP contribution in [0.4, 0.5) is 11.4 Å². The van der Waals surface area contributed by atoms with Crippen molar-refractivity contribution in [3.63, 3.8) is 0 Å². The summed E-state index contributed by atoms with van der Waals surface area (Å²) in [5.41, 5.74) is 1.97. The molecule has 2 rings (SSSR count). The maximum atomic E-state index is 11.0. The van der Waals surface area contributed by atoms with Gasteiger partial charge in [-0.2, -0.15) is 0 Å². The number of nitrogens with one attached hydrogen (secondary N) is 1. The highest BCUT2D eigenvalue weighted by Crippen LogP contribution is 2.30. The van der Waals surface area contributed by atoms with Gasteiger partial charge in [-0.25, -0.2) is 0 Å². The lowest BCUT2D eigenvalue weighted by Gasteiger charge is -2.40. The smallest absolute Gasteiger partial charge is 0.274 e. The Morgan fingerprint density at radius 3 is 2.72 bits per heavy atom. The SMILES string of the molecule is CCCN(c1cccc([N+](=O)[O-])c1C)C1CNC1. The minimum atomic E-state index is -0.304. The van der Waals surface area contributed by atoms with Gasteiger partial charge in [0.05, 0.1) is 16.5 Å². The van der Waals surface area contributed by atoms with E-state index in [0.29, 0.717) is 6.04 Å². The Labute approximate surface area is 107 Å². The molecule has 0 amide bonds. The topological polar surface area (TPSA) is 58.4 Å². The molecule has 0 aromatic heterocycles. The van der Waals surface area contributed by atoms with E-state index in [1.807, 2.05) is 13.0 Å². The summed E-state index contributed by atoms with van der Waals surface area (Å²) in [7, 11) is 0. The van der Waals surface area contributed by atoms with Crippen LogP contribution < -0.4 is 10.2 Å². The summed E-state index contributed by atoms with van der Waals surface area (Å²) < 4.78 is 0. The molecule has 1 heterocycles. The Morgan fingerprint density at radius 2 is 2.22 bits per heavy atom. The second-order valence-electron chi connectivity index (χ2n) is 4.68. The van der Waals surface area contributed by atoms with Crippen molar-refractivity contribution in [1.29, 1.82) is 0 Å². The highest BCUT2D eigenvalue weighted by Gasteiger charge is 2.27. The van der Waals surface area contributed by atoms with Gasteiger partial charge < -0.3 is 10.2 Å². The van der Waals surface area contributed by atoms with Crippen molar-refractivity contribution in [3.05, 3.63) is 33.9 Å². The lowest BCUT2D eigenvalue weighted by Crippen LogP contribution is -2.57. The summed E-state index contributed by atoms with van der Waals surface area (Å²) in [5.74, 6) is 0. The lowest BCUT2D eigenvalue weighted by atomic mass is 10.1. The summed E-state index contributed by atoms with van der Waals surface area (Å²) in [6.45, 7) is 6.83. The molecule has 0 unspecified atom stereocenters. The van der Waals surface area contributed by atoms with Crippen molar-refractivity contribution in [2.45, 2.75) is 26.3 Å². The summed E-state index contributed by atoms with van der Waals surface area (Å²) in [6.07, 6.45) is 1.04. The van der Waals surface area contributed by atoms with Gasteiger partial charge >= 0.3 is 0 Å². The molecule has 0 bridgehead atoms. The average Bonchev–Trinajstić information content (AvgIpc) is 2.26. The van der Waals surface area contributed by atoms with Crippen molar-refractivity contribution in [3.8, 4) is 0 Å². The van der Waals surface area contributed by atoms with E-state index in [-0.39, 0.29) is 10.6 Å². The Kier molecular flexibility index (Phi) is 3.81. The van der Waals surface area contributed by atoms with E-state index >= 15 is 0 Å². The van der Waals surface area contributed by atoms with Crippen molar-refractivity contribution < 1.29 is 4.92 Å². The molecular formula is C13H19N3O2. The molecule has 0 spiro atoms. The van der Waals surface area contributed by atoms with Crippen LogP contribution >= 0.6 is 0 Å². The van der Waals surface area contributed by atoms with Crippen LogP contribution in [0.2, 0.25) is 0 Å². The lowest BCUT2D eigenvalue weighted by molar-refractivity contribution is -0.385. The maximum absolute atomic E-state index is 11.0. The van der Waals surface area contributed by atoms with Gasteiger partial charge in [0, 0.05) is 31.4 Å². The number of nitro groups is 1. The molecule has 0 radical (unpaired) electrons. The van der Waals surface area contributed by atoms with Crippen LogP contribution in [-0.4, -0.2) is 30.6 Å². The van der Waals surface area contributed by atoms with Crippen molar-refractivity contribution in [2.24, 2.45) is 0 Å². The monoisotopic (exact) mass is 249 g/mol. The second-order valence-corrected chi connectivity index (χ2v) is 4.68. The largest absolute Gasteiger partial charge is 0.366 e. The summed E-state index contributed by atoms with van der Waals surface area (Å²) >= 11 is 0. The van der Waals surface area contributed by atoms with E-state index in [1.165, 1.54) is 0 Å². The van der Waals surface area contributed by atoms with E-state index < -0.39 is 0 Å². The van der Waals surface area contributed by atoms with Gasteiger partial charge in [0.15, 0.2) is 0 Å². The molecule has 1 aromatic rings. The number of nitrogens with zero attached hydrogens (tertiary/aromatic N) is 2. The highest BCUT2D eigenvalue weighted by atomic mass is 16.6. The van der Waals surface area contributed by atoms with Gasteiger partial charge in [0.25, 0.3) is 5.69 Å². The minimum Gasteiger partial charge on any atom is -0.366 e. The van der Waals surface area contributed by atoms with Crippen LogP contribution in [0.25, 0.3) is 0 Å². The number of hydrogen-bond donors (Lipinski definition) is 1. The van der Waals surface area contributed by atoms with Crippen LogP contribution in [0.1, 0.15) is 18.9 Å². The van der Waals surface area contributed by atoms with Crippen molar-refractivity contribution >= 4 is 11.4 Å². The van der Waals surface area contributed by atoms with Crippen LogP contribution in [0.5, 0.6) is 0 Å². The number of rotatable bonds is 5. The Hall–Kier alpha value is -1.62. The zero-order valence-electron chi connectivity index (χ0n) is 10.8. The fraction of sp³-hybridized carbons (Fsp3) is 0.538. The highest BCUT2D eigenvalue weighted by molar-refractivity contribution is 5.62. The molecule has 1 N–H and O–H groups in total. The van der Waals surface area contributed by atoms with Gasteiger partial charge in [0.1, 0.15) is 0 Å². The first-order valence-corrected chi connectivity index (χ1v) is 6.36. The summed E-state index contributed by atoms with van der Waals surface area (Å²) in [4.78, 5) is 13.0. The fourth-order valence-corrected chi connectivity index (χ4v) is 2.36. The molecule has 5 nitrogen and oxygen atoms in total. The molecule has 0 aliphatic carbocycles. The Bertz CT molecular complexity index is 444. The molecule has 18 heavy (non-hydrogen) atoms. The van der Waals surface area contributed by atoms with E-state index in [2.05, 4.69) is 17.1 Å². The third kappa shape index (κ3) is 2.31. The molecule has 1 fully saturated rings. The summed E-state index contributed by atoms with van der Waals surface area (Å²) in [6, 6.07) is 5.79. The first kappa shape index (κ1) is 12.8. The number of nitro benzene ring substituents is 1. The van der Waals surface area contributed by atoms with Gasteiger partial charge in [-0.05, 0) is 19.4 Å². The molecule has 98 valence electrons. The van der Waals surface area contributed by atoms with Crippen molar-refractivity contribution in [1.82, 2.24) is 5.32 Å². The molecule has 1 aliphatic rings.